The van der Waals surface area contributed by atoms with Crippen LogP contribution in [0.5, 0.6) is 0 Å². The van der Waals surface area contributed by atoms with Gasteiger partial charge in [-0.15, -0.1) is 0 Å². The molecule has 10 heavy (non-hydrogen) atoms. The average Bonchev–Trinajstić information content (AvgIpc) is 1.87. The van der Waals surface area contributed by atoms with Crippen molar-refractivity contribution in [1.82, 2.24) is 0 Å². The van der Waals surface area contributed by atoms with Crippen LogP contribution in [0.4, 0.5) is 0 Å². The Labute approximate surface area is 64.0 Å². The molecule has 3 saturated carbocycles. The molecule has 0 radical (unpaired) electrons. The van der Waals surface area contributed by atoms with Crippen LogP contribution >= 0.6 is 0 Å². The zero-order valence-corrected chi connectivity index (χ0v) is 7.35. The van der Waals surface area contributed by atoms with E-state index in [1.54, 1.807) is 0 Å². The topological polar surface area (TPSA) is 0 Å². The summed E-state index contributed by atoms with van der Waals surface area (Å²) in [5.74, 6) is 3.15. The lowest BCUT2D eigenvalue weighted by Gasteiger charge is -2.59. The van der Waals surface area contributed by atoms with Crippen molar-refractivity contribution in [3.05, 3.63) is 0 Å². The molecule has 3 rings (SSSR count). The van der Waals surface area contributed by atoms with E-state index in [1.807, 2.05) is 0 Å². The van der Waals surface area contributed by atoms with E-state index in [0.29, 0.717) is 5.41 Å². The summed E-state index contributed by atoms with van der Waals surface area (Å²) in [7, 11) is 0. The van der Waals surface area contributed by atoms with Crippen molar-refractivity contribution >= 4 is 0 Å². The molecule has 0 heterocycles. The smallest absolute Gasteiger partial charge is 0.0295 e. The van der Waals surface area contributed by atoms with Gasteiger partial charge in [0.05, 0.1) is 0 Å². The van der Waals surface area contributed by atoms with E-state index in [9.17, 15) is 0 Å². The number of hydrogen-bond donors (Lipinski definition) is 0. The van der Waals surface area contributed by atoms with E-state index in [1.165, 1.54) is 19.3 Å². The van der Waals surface area contributed by atoms with E-state index in [4.69, 9.17) is 0 Å². The molecule has 3 aliphatic carbocycles. The first kappa shape index (κ1) is 6.69. The predicted molar refractivity (Wildman–Crippen MR) is 43.8 cm³/mol. The van der Waals surface area contributed by atoms with Crippen molar-refractivity contribution in [2.75, 3.05) is 0 Å². The van der Waals surface area contributed by atoms with Gasteiger partial charge in [0.2, 0.25) is 0 Å². The van der Waals surface area contributed by atoms with E-state index in [0.717, 1.165) is 17.8 Å². The van der Waals surface area contributed by atoms with Crippen LogP contribution in [-0.4, -0.2) is 0 Å². The second-order valence-electron chi connectivity index (χ2n) is 4.92. The maximum Gasteiger partial charge on any atom is -0.0295 e. The summed E-state index contributed by atoms with van der Waals surface area (Å²) in [6.45, 7) is 7.35. The van der Waals surface area contributed by atoms with Gasteiger partial charge in [-0.1, -0.05) is 27.2 Å². The lowest BCUT2D eigenvalue weighted by Crippen LogP contribution is -2.51. The van der Waals surface area contributed by atoms with Gasteiger partial charge in [-0.3, -0.25) is 0 Å². The van der Waals surface area contributed by atoms with Crippen molar-refractivity contribution in [2.24, 2.45) is 23.2 Å². The molecular formula is C10H18. The summed E-state index contributed by atoms with van der Waals surface area (Å²) in [6.07, 6.45) is 4.54. The summed E-state index contributed by atoms with van der Waals surface area (Å²) in [5, 5.41) is 0. The van der Waals surface area contributed by atoms with Crippen LogP contribution in [0.2, 0.25) is 0 Å². The van der Waals surface area contributed by atoms with Gasteiger partial charge in [0.25, 0.3) is 0 Å². The van der Waals surface area contributed by atoms with Gasteiger partial charge in [-0.2, -0.15) is 0 Å². The quantitative estimate of drug-likeness (QED) is 0.482. The van der Waals surface area contributed by atoms with Gasteiger partial charge < -0.3 is 0 Å². The fraction of sp³-hybridized carbons (Fsp3) is 1.00. The molecule has 1 unspecified atom stereocenters. The van der Waals surface area contributed by atoms with Crippen LogP contribution < -0.4 is 0 Å². The van der Waals surface area contributed by atoms with Crippen molar-refractivity contribution in [1.29, 1.82) is 0 Å². The van der Waals surface area contributed by atoms with Gasteiger partial charge in [0.1, 0.15) is 0 Å². The van der Waals surface area contributed by atoms with E-state index in [-0.39, 0.29) is 0 Å². The highest BCUT2D eigenvalue weighted by atomic mass is 14.6. The Balaban J connectivity index is 2.16. The van der Waals surface area contributed by atoms with Crippen molar-refractivity contribution in [3.8, 4) is 0 Å². The minimum atomic E-state index is 0.706. The van der Waals surface area contributed by atoms with E-state index >= 15 is 0 Å². The second-order valence-corrected chi connectivity index (χ2v) is 4.92. The van der Waals surface area contributed by atoms with Gasteiger partial charge >= 0.3 is 0 Å². The molecule has 0 amide bonds. The van der Waals surface area contributed by atoms with Crippen LogP contribution in [0, 0.1) is 23.2 Å². The molecule has 3 fully saturated rings. The minimum absolute atomic E-state index is 0.706. The number of rotatable bonds is 0. The molecule has 0 nitrogen and oxygen atoms in total. The monoisotopic (exact) mass is 138 g/mol. The van der Waals surface area contributed by atoms with Crippen LogP contribution in [0.1, 0.15) is 40.0 Å². The third-order valence-electron chi connectivity index (χ3n) is 4.20. The first-order valence-corrected chi connectivity index (χ1v) is 4.62. The molecule has 0 aliphatic heterocycles. The van der Waals surface area contributed by atoms with Crippen LogP contribution in [0.25, 0.3) is 0 Å². The van der Waals surface area contributed by atoms with E-state index < -0.39 is 0 Å². The Morgan fingerprint density at radius 1 is 1.20 bits per heavy atom. The normalized spacial score (nSPS) is 50.1. The highest BCUT2D eigenvalue weighted by Crippen LogP contribution is 2.61. The zero-order valence-electron chi connectivity index (χ0n) is 7.35. The Morgan fingerprint density at radius 3 is 2.20 bits per heavy atom. The highest BCUT2D eigenvalue weighted by Gasteiger charge is 2.52. The Kier molecular flexibility index (Phi) is 1.19. The van der Waals surface area contributed by atoms with Gasteiger partial charge in [-0.05, 0) is 36.0 Å². The summed E-state index contributed by atoms with van der Waals surface area (Å²) in [4.78, 5) is 0. The maximum atomic E-state index is 2.46. The molecule has 0 N–H and O–H groups in total. The summed E-state index contributed by atoms with van der Waals surface area (Å²) in [6, 6.07) is 0. The van der Waals surface area contributed by atoms with Crippen LogP contribution in [0.15, 0.2) is 0 Å². The number of hydrogen-bond acceptors (Lipinski definition) is 0. The molecule has 3 aliphatic rings. The Bertz CT molecular complexity index is 144. The highest BCUT2D eigenvalue weighted by molar-refractivity contribution is 5.01. The van der Waals surface area contributed by atoms with Gasteiger partial charge in [0, 0.05) is 0 Å². The zero-order chi connectivity index (χ0) is 7.35. The third kappa shape index (κ3) is 0.627. The summed E-state index contributed by atoms with van der Waals surface area (Å²) < 4.78 is 0. The lowest BCUT2D eigenvalue weighted by molar-refractivity contribution is -0.0988. The predicted octanol–water partition coefficient (Wildman–Crippen LogP) is 3.08. The Hall–Kier alpha value is 0. The maximum absolute atomic E-state index is 2.46. The van der Waals surface area contributed by atoms with Crippen molar-refractivity contribution in [3.63, 3.8) is 0 Å². The molecular weight excluding hydrogens is 120 g/mol. The molecule has 3 atom stereocenters. The van der Waals surface area contributed by atoms with E-state index in [2.05, 4.69) is 20.8 Å². The minimum Gasteiger partial charge on any atom is -0.0622 e. The van der Waals surface area contributed by atoms with Gasteiger partial charge in [0.15, 0.2) is 0 Å². The lowest BCUT2D eigenvalue weighted by atomic mass is 9.46. The SMILES string of the molecule is CC1CC[C@H]2C[C@@H]1C2(C)C. The third-order valence-corrected chi connectivity index (χ3v) is 4.20. The average molecular weight is 138 g/mol. The Morgan fingerprint density at radius 2 is 1.90 bits per heavy atom. The number of fused-ring (bicyclic) bond motifs is 2. The molecule has 0 aromatic carbocycles. The standard InChI is InChI=1S/C10H18/c1-7-4-5-8-6-9(7)10(8,2)3/h7-9H,4-6H2,1-3H3/t7?,8-,9-/m0/s1. The molecule has 0 aromatic heterocycles. The first-order chi connectivity index (χ1) is 4.62. The van der Waals surface area contributed by atoms with Crippen molar-refractivity contribution < 1.29 is 0 Å². The van der Waals surface area contributed by atoms with Crippen molar-refractivity contribution in [2.45, 2.75) is 40.0 Å². The molecule has 0 aromatic rings. The van der Waals surface area contributed by atoms with Crippen LogP contribution in [0.3, 0.4) is 0 Å². The summed E-state index contributed by atoms with van der Waals surface area (Å²) >= 11 is 0. The largest absolute Gasteiger partial charge is 0.0622 e. The first-order valence-electron chi connectivity index (χ1n) is 4.62. The molecule has 0 spiro atoms. The fourth-order valence-electron chi connectivity index (χ4n) is 3.18. The molecule has 58 valence electrons. The fourth-order valence-corrected chi connectivity index (χ4v) is 3.18. The van der Waals surface area contributed by atoms with Gasteiger partial charge in [-0.25, -0.2) is 0 Å². The summed E-state index contributed by atoms with van der Waals surface area (Å²) in [5.41, 5.74) is 0.706. The van der Waals surface area contributed by atoms with Crippen LogP contribution in [-0.2, 0) is 0 Å². The second kappa shape index (κ2) is 1.78. The molecule has 0 saturated heterocycles. The molecule has 2 bridgehead atoms. The molecule has 0 heteroatoms.